The van der Waals surface area contributed by atoms with E-state index in [1.54, 1.807) is 43.3 Å². The Morgan fingerprint density at radius 3 is 2.52 bits per heavy atom. The van der Waals surface area contributed by atoms with Crippen LogP contribution in [0.3, 0.4) is 0 Å². The van der Waals surface area contributed by atoms with E-state index in [2.05, 4.69) is 5.32 Å². The van der Waals surface area contributed by atoms with Crippen LogP contribution in [0, 0.1) is 6.92 Å². The van der Waals surface area contributed by atoms with Crippen LogP contribution in [0.4, 0.5) is 5.69 Å². The number of benzene rings is 2. The summed E-state index contributed by atoms with van der Waals surface area (Å²) in [6, 6.07) is 14.2. The lowest BCUT2D eigenvalue weighted by molar-refractivity contribution is -0.145. The zero-order valence-electron chi connectivity index (χ0n) is 13.2. The number of carbonyl (C=O) groups excluding carboxylic acids is 2. The molecular weight excluding hydrogens is 294 g/mol. The lowest BCUT2D eigenvalue weighted by Crippen LogP contribution is -2.15. The van der Waals surface area contributed by atoms with Crippen LogP contribution in [-0.2, 0) is 9.53 Å². The van der Waals surface area contributed by atoms with Gasteiger partial charge in [-0.05, 0) is 38.1 Å². The second-order valence-corrected chi connectivity index (χ2v) is 4.94. The highest BCUT2D eigenvalue weighted by atomic mass is 16.6. The molecule has 5 heteroatoms. The molecule has 120 valence electrons. The van der Waals surface area contributed by atoms with Gasteiger partial charge >= 0.3 is 5.97 Å². The maximum atomic E-state index is 12.2. The lowest BCUT2D eigenvalue weighted by atomic mass is 10.1. The molecule has 0 bridgehead atoms. The minimum atomic E-state index is -0.429. The number of hydrogen-bond donors (Lipinski definition) is 1. The second-order valence-electron chi connectivity index (χ2n) is 4.94. The van der Waals surface area contributed by atoms with Gasteiger partial charge in [-0.1, -0.05) is 23.8 Å². The van der Waals surface area contributed by atoms with Crippen molar-refractivity contribution in [3.63, 3.8) is 0 Å². The Bertz CT molecular complexity index is 680. The van der Waals surface area contributed by atoms with Crippen LogP contribution < -0.4 is 10.1 Å². The van der Waals surface area contributed by atoms with Crippen LogP contribution in [0.2, 0.25) is 0 Å². The fraction of sp³-hybridized carbons (Fsp3) is 0.222. The van der Waals surface area contributed by atoms with Crippen molar-refractivity contribution < 1.29 is 19.1 Å². The number of aryl methyl sites for hydroxylation is 1. The zero-order chi connectivity index (χ0) is 16.7. The molecule has 0 atom stereocenters. The number of nitrogens with one attached hydrogen (secondary N) is 1. The predicted molar refractivity (Wildman–Crippen MR) is 87.7 cm³/mol. The van der Waals surface area contributed by atoms with Gasteiger partial charge in [-0.25, -0.2) is 4.79 Å². The molecule has 0 aliphatic heterocycles. The Morgan fingerprint density at radius 2 is 1.83 bits per heavy atom. The molecule has 5 nitrogen and oxygen atoms in total. The normalized spacial score (nSPS) is 10.0. The Balaban J connectivity index is 1.98. The Kier molecular flexibility index (Phi) is 5.74. The highest BCUT2D eigenvalue weighted by Gasteiger charge is 2.07. The number of rotatable bonds is 6. The van der Waals surface area contributed by atoms with Crippen molar-refractivity contribution in [1.82, 2.24) is 0 Å². The lowest BCUT2D eigenvalue weighted by Gasteiger charge is -2.09. The first-order valence-corrected chi connectivity index (χ1v) is 7.35. The van der Waals surface area contributed by atoms with Gasteiger partial charge in [0.05, 0.1) is 6.61 Å². The molecule has 1 amide bonds. The molecule has 1 N–H and O–H groups in total. The predicted octanol–water partition coefficient (Wildman–Crippen LogP) is 3.19. The summed E-state index contributed by atoms with van der Waals surface area (Å²) in [4.78, 5) is 23.4. The number of hydrogen-bond acceptors (Lipinski definition) is 4. The van der Waals surface area contributed by atoms with E-state index < -0.39 is 5.97 Å². The third kappa shape index (κ3) is 5.14. The van der Waals surface area contributed by atoms with E-state index in [1.165, 1.54) is 0 Å². The van der Waals surface area contributed by atoms with Gasteiger partial charge in [0.2, 0.25) is 0 Å². The largest absolute Gasteiger partial charge is 0.482 e. The van der Waals surface area contributed by atoms with E-state index in [1.807, 2.05) is 19.1 Å². The molecule has 2 rings (SSSR count). The van der Waals surface area contributed by atoms with E-state index in [-0.39, 0.29) is 12.5 Å². The summed E-state index contributed by atoms with van der Waals surface area (Å²) in [7, 11) is 0. The molecule has 0 spiro atoms. The fourth-order valence-electron chi connectivity index (χ4n) is 1.92. The van der Waals surface area contributed by atoms with Crippen LogP contribution >= 0.6 is 0 Å². The summed E-state index contributed by atoms with van der Waals surface area (Å²) in [6.07, 6.45) is 0. The van der Waals surface area contributed by atoms with Gasteiger partial charge in [0, 0.05) is 17.3 Å². The van der Waals surface area contributed by atoms with E-state index in [4.69, 9.17) is 9.47 Å². The van der Waals surface area contributed by atoms with Gasteiger partial charge in [0.25, 0.3) is 5.91 Å². The van der Waals surface area contributed by atoms with Crippen LogP contribution in [0.15, 0.2) is 48.5 Å². The standard InChI is InChI=1S/C18H19NO4/c1-3-22-17(20)12-23-16-6-4-5-15(11-16)19-18(21)14-9-7-13(2)8-10-14/h4-11H,3,12H2,1-2H3,(H,19,21). The molecule has 0 aromatic heterocycles. The van der Waals surface area contributed by atoms with Crippen LogP contribution in [0.5, 0.6) is 5.75 Å². The second kappa shape index (κ2) is 7.98. The van der Waals surface area contributed by atoms with Crippen molar-refractivity contribution in [3.05, 3.63) is 59.7 Å². The van der Waals surface area contributed by atoms with Crippen LogP contribution in [0.1, 0.15) is 22.8 Å². The third-order valence-electron chi connectivity index (χ3n) is 3.07. The number of carbonyl (C=O) groups is 2. The van der Waals surface area contributed by atoms with Crippen molar-refractivity contribution in [2.75, 3.05) is 18.5 Å². The van der Waals surface area contributed by atoms with Crippen molar-refractivity contribution in [1.29, 1.82) is 0 Å². The number of esters is 1. The molecule has 2 aromatic carbocycles. The molecular formula is C18H19NO4. The summed E-state index contributed by atoms with van der Waals surface area (Å²) < 4.78 is 10.1. The molecule has 0 aliphatic carbocycles. The number of amides is 1. The molecule has 0 unspecified atom stereocenters. The zero-order valence-corrected chi connectivity index (χ0v) is 13.2. The fourth-order valence-corrected chi connectivity index (χ4v) is 1.92. The van der Waals surface area contributed by atoms with Gasteiger partial charge in [0.15, 0.2) is 6.61 Å². The van der Waals surface area contributed by atoms with Crippen molar-refractivity contribution in [3.8, 4) is 5.75 Å². The van der Waals surface area contributed by atoms with Crippen LogP contribution in [0.25, 0.3) is 0 Å². The minimum Gasteiger partial charge on any atom is -0.482 e. The highest BCUT2D eigenvalue weighted by Crippen LogP contribution is 2.18. The summed E-state index contributed by atoms with van der Waals surface area (Å²) in [5.74, 6) is -0.145. The third-order valence-corrected chi connectivity index (χ3v) is 3.07. The van der Waals surface area contributed by atoms with E-state index in [0.717, 1.165) is 5.56 Å². The number of ether oxygens (including phenoxy) is 2. The summed E-state index contributed by atoms with van der Waals surface area (Å²) in [6.45, 7) is 3.85. The van der Waals surface area contributed by atoms with Crippen molar-refractivity contribution in [2.45, 2.75) is 13.8 Å². The molecule has 0 radical (unpaired) electrons. The molecule has 23 heavy (non-hydrogen) atoms. The quantitative estimate of drug-likeness (QED) is 0.832. The Hall–Kier alpha value is -2.82. The Morgan fingerprint density at radius 1 is 1.09 bits per heavy atom. The average Bonchev–Trinajstić information content (AvgIpc) is 2.54. The summed E-state index contributed by atoms with van der Waals surface area (Å²) in [5.41, 5.74) is 2.27. The summed E-state index contributed by atoms with van der Waals surface area (Å²) in [5, 5.41) is 2.80. The molecule has 2 aromatic rings. The molecule has 0 saturated carbocycles. The molecule has 0 aliphatic rings. The van der Waals surface area contributed by atoms with Crippen molar-refractivity contribution in [2.24, 2.45) is 0 Å². The Labute approximate surface area is 135 Å². The smallest absolute Gasteiger partial charge is 0.344 e. The van der Waals surface area contributed by atoms with Gasteiger partial charge in [-0.3, -0.25) is 4.79 Å². The molecule has 0 fully saturated rings. The highest BCUT2D eigenvalue weighted by molar-refractivity contribution is 6.04. The van der Waals surface area contributed by atoms with Crippen LogP contribution in [-0.4, -0.2) is 25.1 Å². The van der Waals surface area contributed by atoms with Gasteiger partial charge in [-0.2, -0.15) is 0 Å². The monoisotopic (exact) mass is 313 g/mol. The van der Waals surface area contributed by atoms with Gasteiger partial charge in [0.1, 0.15) is 5.75 Å². The van der Waals surface area contributed by atoms with E-state index in [9.17, 15) is 9.59 Å². The maximum Gasteiger partial charge on any atom is 0.344 e. The first-order valence-electron chi connectivity index (χ1n) is 7.35. The first-order chi connectivity index (χ1) is 11.1. The van der Waals surface area contributed by atoms with E-state index in [0.29, 0.717) is 23.6 Å². The van der Waals surface area contributed by atoms with Gasteiger partial charge in [-0.15, -0.1) is 0 Å². The van der Waals surface area contributed by atoms with Gasteiger partial charge < -0.3 is 14.8 Å². The SMILES string of the molecule is CCOC(=O)COc1cccc(NC(=O)c2ccc(C)cc2)c1. The van der Waals surface area contributed by atoms with Crippen molar-refractivity contribution >= 4 is 17.6 Å². The minimum absolute atomic E-state index is 0.163. The number of anilines is 1. The molecule has 0 heterocycles. The first kappa shape index (κ1) is 16.5. The summed E-state index contributed by atoms with van der Waals surface area (Å²) >= 11 is 0. The van der Waals surface area contributed by atoms with E-state index >= 15 is 0 Å². The topological polar surface area (TPSA) is 64.6 Å². The maximum absolute atomic E-state index is 12.2. The molecule has 0 saturated heterocycles. The average molecular weight is 313 g/mol.